The molecule has 2 amide bonds. The summed E-state index contributed by atoms with van der Waals surface area (Å²) in [5.74, 6) is -0.0450. The Balaban J connectivity index is 1.43. The Kier molecular flexibility index (Phi) is 5.33. The van der Waals surface area contributed by atoms with Gasteiger partial charge in [-0.15, -0.1) is 0 Å². The maximum atomic E-state index is 13.2. The van der Waals surface area contributed by atoms with Crippen LogP contribution in [0.1, 0.15) is 17.7 Å². The fraction of sp³-hybridized carbons (Fsp3) is 0.208. The van der Waals surface area contributed by atoms with Crippen molar-refractivity contribution in [1.82, 2.24) is 19.7 Å². The van der Waals surface area contributed by atoms with E-state index in [-0.39, 0.29) is 36.3 Å². The number of H-pyrrole nitrogens is 1. The maximum Gasteiger partial charge on any atom is 0.252 e. The lowest BCUT2D eigenvalue weighted by molar-refractivity contribution is -0.122. The van der Waals surface area contributed by atoms with Crippen molar-refractivity contribution in [1.29, 1.82) is 0 Å². The molecule has 4 aromatic rings. The van der Waals surface area contributed by atoms with Crippen LogP contribution in [0, 0.1) is 19.8 Å². The summed E-state index contributed by atoms with van der Waals surface area (Å²) in [6.45, 7) is 3.94. The number of furan rings is 1. The summed E-state index contributed by atoms with van der Waals surface area (Å²) in [7, 11) is 0. The standard InChI is InChI=1S/C24H22N6O4/c1-14-5-7-17(8-6-14)29-13-16(11-22(29)32)23(33)26-20-12-18(19-4-3-9-34-19)28-30(20)24-25-15(2)10-21(31)27-24/h3-10,12,16H,11,13H2,1-2H3,(H,26,33)(H,25,27,31). The van der Waals surface area contributed by atoms with Gasteiger partial charge in [0.15, 0.2) is 5.76 Å². The molecule has 172 valence electrons. The number of anilines is 2. The first-order chi connectivity index (χ1) is 16.4. The Labute approximate surface area is 194 Å². The first-order valence-corrected chi connectivity index (χ1v) is 10.8. The minimum Gasteiger partial charge on any atom is -0.463 e. The Morgan fingerprint density at radius 2 is 1.94 bits per heavy atom. The topological polar surface area (TPSA) is 126 Å². The minimum absolute atomic E-state index is 0.0957. The predicted molar refractivity (Wildman–Crippen MR) is 125 cm³/mol. The SMILES string of the molecule is Cc1ccc(N2CC(C(=O)Nc3cc(-c4ccco4)nn3-c3nc(C)cc(=O)[nH]3)CC2=O)cc1. The van der Waals surface area contributed by atoms with Crippen molar-refractivity contribution in [3.63, 3.8) is 0 Å². The first-order valence-electron chi connectivity index (χ1n) is 10.8. The van der Waals surface area contributed by atoms with E-state index in [1.807, 2.05) is 31.2 Å². The number of amides is 2. The molecule has 2 N–H and O–H groups in total. The molecule has 3 aromatic heterocycles. The van der Waals surface area contributed by atoms with Crippen molar-refractivity contribution in [2.45, 2.75) is 20.3 Å². The number of carbonyl (C=O) groups is 2. The number of carbonyl (C=O) groups excluding carboxylic acids is 2. The van der Waals surface area contributed by atoms with Gasteiger partial charge in [-0.2, -0.15) is 9.78 Å². The number of rotatable bonds is 5. The Morgan fingerprint density at radius 3 is 2.65 bits per heavy atom. The third-order valence-electron chi connectivity index (χ3n) is 5.63. The summed E-state index contributed by atoms with van der Waals surface area (Å²) in [4.78, 5) is 46.4. The second kappa shape index (κ2) is 8.47. The summed E-state index contributed by atoms with van der Waals surface area (Å²) >= 11 is 0. The largest absolute Gasteiger partial charge is 0.463 e. The van der Waals surface area contributed by atoms with Crippen LogP contribution in [0.5, 0.6) is 0 Å². The van der Waals surface area contributed by atoms with E-state index in [1.54, 1.807) is 30.0 Å². The summed E-state index contributed by atoms with van der Waals surface area (Å²) in [6, 6.07) is 14.1. The highest BCUT2D eigenvalue weighted by molar-refractivity contribution is 6.03. The summed E-state index contributed by atoms with van der Waals surface area (Å²) in [5.41, 5.74) is 2.46. The van der Waals surface area contributed by atoms with E-state index in [0.717, 1.165) is 11.3 Å². The Morgan fingerprint density at radius 1 is 1.15 bits per heavy atom. The number of nitrogens with one attached hydrogen (secondary N) is 2. The van der Waals surface area contributed by atoms with Crippen LogP contribution < -0.4 is 15.8 Å². The fourth-order valence-corrected chi connectivity index (χ4v) is 3.93. The molecule has 5 rings (SSSR count). The highest BCUT2D eigenvalue weighted by Gasteiger charge is 2.35. The molecule has 1 unspecified atom stereocenters. The van der Waals surface area contributed by atoms with Crippen molar-refractivity contribution in [2.24, 2.45) is 5.92 Å². The Bertz CT molecular complexity index is 1420. The monoisotopic (exact) mass is 458 g/mol. The zero-order valence-corrected chi connectivity index (χ0v) is 18.6. The van der Waals surface area contributed by atoms with Crippen molar-refractivity contribution in [3.8, 4) is 17.4 Å². The molecule has 0 radical (unpaired) electrons. The zero-order valence-electron chi connectivity index (χ0n) is 18.6. The number of benzene rings is 1. The summed E-state index contributed by atoms with van der Waals surface area (Å²) in [6.07, 6.45) is 1.61. The lowest BCUT2D eigenvalue weighted by Gasteiger charge is -2.17. The molecule has 10 nitrogen and oxygen atoms in total. The van der Waals surface area contributed by atoms with Gasteiger partial charge < -0.3 is 14.6 Å². The smallest absolute Gasteiger partial charge is 0.252 e. The molecule has 0 saturated carbocycles. The van der Waals surface area contributed by atoms with Crippen LogP contribution in [0.4, 0.5) is 11.5 Å². The van der Waals surface area contributed by atoms with E-state index in [0.29, 0.717) is 23.0 Å². The normalized spacial score (nSPS) is 15.6. The zero-order chi connectivity index (χ0) is 23.8. The average Bonchev–Trinajstić information content (AvgIpc) is 3.53. The van der Waals surface area contributed by atoms with Gasteiger partial charge >= 0.3 is 0 Å². The quantitative estimate of drug-likeness (QED) is 0.474. The highest BCUT2D eigenvalue weighted by atomic mass is 16.3. The van der Waals surface area contributed by atoms with E-state index in [1.165, 1.54) is 17.0 Å². The third kappa shape index (κ3) is 4.13. The van der Waals surface area contributed by atoms with Gasteiger partial charge in [-0.1, -0.05) is 17.7 Å². The molecule has 34 heavy (non-hydrogen) atoms. The van der Waals surface area contributed by atoms with E-state index in [2.05, 4.69) is 20.4 Å². The number of aromatic nitrogens is 4. The van der Waals surface area contributed by atoms with Crippen LogP contribution in [-0.4, -0.2) is 38.1 Å². The van der Waals surface area contributed by atoms with Crippen LogP contribution in [-0.2, 0) is 9.59 Å². The van der Waals surface area contributed by atoms with E-state index >= 15 is 0 Å². The molecular formula is C24H22N6O4. The molecule has 1 aliphatic heterocycles. The number of aryl methyl sites for hydroxylation is 2. The van der Waals surface area contributed by atoms with Crippen LogP contribution in [0.2, 0.25) is 0 Å². The highest BCUT2D eigenvalue weighted by Crippen LogP contribution is 2.28. The van der Waals surface area contributed by atoms with Gasteiger partial charge in [-0.05, 0) is 38.1 Å². The van der Waals surface area contributed by atoms with E-state index in [4.69, 9.17) is 4.42 Å². The van der Waals surface area contributed by atoms with Crippen molar-refractivity contribution in [2.75, 3.05) is 16.8 Å². The van der Waals surface area contributed by atoms with Gasteiger partial charge in [0.1, 0.15) is 11.5 Å². The lowest BCUT2D eigenvalue weighted by Crippen LogP contribution is -2.28. The molecule has 0 spiro atoms. The maximum absolute atomic E-state index is 13.2. The number of aromatic amines is 1. The van der Waals surface area contributed by atoms with Gasteiger partial charge in [0.25, 0.3) is 5.56 Å². The number of hydrogen-bond acceptors (Lipinski definition) is 6. The average molecular weight is 458 g/mol. The first kappa shape index (κ1) is 21.4. The second-order valence-electron chi connectivity index (χ2n) is 8.24. The van der Waals surface area contributed by atoms with Gasteiger partial charge in [0.2, 0.25) is 17.8 Å². The minimum atomic E-state index is -0.547. The van der Waals surface area contributed by atoms with Gasteiger partial charge in [-0.25, -0.2) is 4.98 Å². The van der Waals surface area contributed by atoms with Gasteiger partial charge in [0, 0.05) is 36.5 Å². The van der Waals surface area contributed by atoms with Crippen molar-refractivity contribution >= 4 is 23.3 Å². The third-order valence-corrected chi connectivity index (χ3v) is 5.63. The molecule has 0 bridgehead atoms. The molecule has 10 heteroatoms. The molecule has 0 aliphatic carbocycles. The van der Waals surface area contributed by atoms with Crippen LogP contribution in [0.25, 0.3) is 17.4 Å². The van der Waals surface area contributed by atoms with Gasteiger partial charge in [-0.3, -0.25) is 19.4 Å². The van der Waals surface area contributed by atoms with Crippen molar-refractivity contribution in [3.05, 3.63) is 76.4 Å². The number of hydrogen-bond donors (Lipinski definition) is 2. The fourth-order valence-electron chi connectivity index (χ4n) is 3.93. The van der Waals surface area contributed by atoms with Crippen LogP contribution in [0.3, 0.4) is 0 Å². The second-order valence-corrected chi connectivity index (χ2v) is 8.24. The van der Waals surface area contributed by atoms with Crippen LogP contribution >= 0.6 is 0 Å². The molecular weight excluding hydrogens is 436 g/mol. The summed E-state index contributed by atoms with van der Waals surface area (Å²) in [5, 5.41) is 7.32. The lowest BCUT2D eigenvalue weighted by atomic mass is 10.1. The number of nitrogens with zero attached hydrogens (tertiary/aromatic N) is 4. The molecule has 1 saturated heterocycles. The van der Waals surface area contributed by atoms with Crippen molar-refractivity contribution < 1.29 is 14.0 Å². The van der Waals surface area contributed by atoms with E-state index < -0.39 is 5.92 Å². The summed E-state index contributed by atoms with van der Waals surface area (Å²) < 4.78 is 6.78. The molecule has 1 fully saturated rings. The Hall–Kier alpha value is -4.47. The van der Waals surface area contributed by atoms with E-state index in [9.17, 15) is 14.4 Å². The molecule has 1 aliphatic rings. The molecule has 1 aromatic carbocycles. The van der Waals surface area contributed by atoms with Gasteiger partial charge in [0.05, 0.1) is 12.2 Å². The van der Waals surface area contributed by atoms with Crippen LogP contribution in [0.15, 0.2) is 64.0 Å². The predicted octanol–water partition coefficient (Wildman–Crippen LogP) is 2.82. The molecule has 4 heterocycles. The molecule has 1 atom stereocenters.